The van der Waals surface area contributed by atoms with Gasteiger partial charge in [0.1, 0.15) is 11.5 Å². The van der Waals surface area contributed by atoms with Crippen LogP contribution < -0.4 is 15.8 Å². The number of amides is 1. The van der Waals surface area contributed by atoms with Crippen molar-refractivity contribution in [2.24, 2.45) is 0 Å². The Labute approximate surface area is 222 Å². The van der Waals surface area contributed by atoms with E-state index in [0.29, 0.717) is 22.9 Å². The van der Waals surface area contributed by atoms with Crippen molar-refractivity contribution in [2.75, 3.05) is 5.32 Å². The molecular weight excluding hydrogens is 472 g/mol. The van der Waals surface area contributed by atoms with Crippen LogP contribution in [0.25, 0.3) is 0 Å². The minimum absolute atomic E-state index is 0.162. The lowest BCUT2D eigenvalue weighted by Gasteiger charge is -2.23. The fourth-order valence-electron chi connectivity index (χ4n) is 4.24. The van der Waals surface area contributed by atoms with Crippen LogP contribution in [-0.2, 0) is 10.2 Å². The van der Waals surface area contributed by atoms with Crippen LogP contribution in [0.2, 0.25) is 5.02 Å². The molecule has 6 heteroatoms. The van der Waals surface area contributed by atoms with Crippen LogP contribution in [-0.4, -0.2) is 17.1 Å². The largest absolute Gasteiger partial charge is 0.508 e. The predicted molar refractivity (Wildman–Crippen MR) is 151 cm³/mol. The number of ether oxygens (including phenoxy) is 1. The van der Waals surface area contributed by atoms with Gasteiger partial charge in [-0.25, -0.2) is 0 Å². The normalized spacial score (nSPS) is 12.4. The van der Waals surface area contributed by atoms with Crippen LogP contribution in [0, 0.1) is 0 Å². The molecule has 0 spiro atoms. The predicted octanol–water partition coefficient (Wildman–Crippen LogP) is 8.95. The first-order chi connectivity index (χ1) is 17.1. The highest BCUT2D eigenvalue weighted by molar-refractivity contribution is 6.33. The summed E-state index contributed by atoms with van der Waals surface area (Å²) in [5, 5.41) is 13.5. The summed E-state index contributed by atoms with van der Waals surface area (Å²) in [7, 11) is 0. The van der Waals surface area contributed by atoms with Crippen molar-refractivity contribution in [2.45, 2.75) is 110 Å². The maximum absolute atomic E-state index is 13.2. The van der Waals surface area contributed by atoms with E-state index in [1.54, 1.807) is 24.3 Å². The fraction of sp³-hybridized carbons (Fsp3) is 0.567. The number of rotatable bonds is 15. The van der Waals surface area contributed by atoms with Gasteiger partial charge in [0, 0.05) is 11.3 Å². The molecule has 5 nitrogen and oxygen atoms in total. The van der Waals surface area contributed by atoms with E-state index >= 15 is 0 Å². The summed E-state index contributed by atoms with van der Waals surface area (Å²) in [6, 6.07) is 9.97. The Hall–Kier alpha value is -2.40. The van der Waals surface area contributed by atoms with Gasteiger partial charge in [0.05, 0.1) is 10.7 Å². The number of halogens is 1. The molecule has 0 heterocycles. The van der Waals surface area contributed by atoms with Gasteiger partial charge in [0.25, 0.3) is 5.91 Å². The van der Waals surface area contributed by atoms with Gasteiger partial charge >= 0.3 is 0 Å². The summed E-state index contributed by atoms with van der Waals surface area (Å²) >= 11 is 5.96. The number of carbonyl (C=O) groups is 1. The van der Waals surface area contributed by atoms with Crippen LogP contribution in [0.3, 0.4) is 0 Å². The van der Waals surface area contributed by atoms with Crippen molar-refractivity contribution < 1.29 is 14.6 Å². The van der Waals surface area contributed by atoms with Crippen molar-refractivity contribution in [1.29, 1.82) is 0 Å². The SMILES string of the molecule is CCCCCCCCCCCCC(Oc1ccc(O)c(C(C)(C)C)c1)C(=O)Nc1ccc(Cl)c([NH])c1. The third-order valence-electron chi connectivity index (χ3n) is 6.40. The van der Waals surface area contributed by atoms with Crippen molar-refractivity contribution >= 4 is 28.9 Å². The lowest BCUT2D eigenvalue weighted by molar-refractivity contribution is -0.123. The molecule has 1 amide bonds. The van der Waals surface area contributed by atoms with Crippen molar-refractivity contribution in [3.05, 3.63) is 47.0 Å². The zero-order chi connectivity index (χ0) is 26.6. The molecule has 0 aliphatic heterocycles. The van der Waals surface area contributed by atoms with Crippen LogP contribution in [0.15, 0.2) is 36.4 Å². The molecule has 199 valence electrons. The lowest BCUT2D eigenvalue weighted by atomic mass is 9.86. The van der Waals surface area contributed by atoms with Gasteiger partial charge in [-0.2, -0.15) is 0 Å². The highest BCUT2D eigenvalue weighted by Crippen LogP contribution is 2.34. The molecule has 2 aromatic carbocycles. The highest BCUT2D eigenvalue weighted by atomic mass is 35.5. The molecule has 1 unspecified atom stereocenters. The molecule has 2 rings (SSSR count). The Kier molecular flexibility index (Phi) is 12.4. The molecule has 1 atom stereocenters. The lowest BCUT2D eigenvalue weighted by Crippen LogP contribution is -2.33. The standard InChI is InChI=1S/C30H44ClN2O3/c1-5-6-7-8-9-10-11-12-13-14-15-28(29(35)33-22-16-18-25(31)26(32)20-22)36-23-17-19-27(34)24(21-23)30(2,3)4/h16-21,28,32,34H,5-15H2,1-4H3,(H,33,35). The second kappa shape index (κ2) is 15.0. The van der Waals surface area contributed by atoms with Crippen LogP contribution in [0.4, 0.5) is 11.4 Å². The minimum atomic E-state index is -0.679. The molecule has 36 heavy (non-hydrogen) atoms. The number of benzene rings is 2. The molecule has 0 aliphatic rings. The van der Waals surface area contributed by atoms with Crippen molar-refractivity contribution in [3.8, 4) is 11.5 Å². The Bertz CT molecular complexity index is 956. The van der Waals surface area contributed by atoms with Crippen LogP contribution >= 0.6 is 11.6 Å². The quantitative estimate of drug-likeness (QED) is 0.232. The first-order valence-corrected chi connectivity index (χ1v) is 13.8. The number of hydrogen-bond acceptors (Lipinski definition) is 3. The van der Waals surface area contributed by atoms with Crippen molar-refractivity contribution in [3.63, 3.8) is 0 Å². The van der Waals surface area contributed by atoms with E-state index in [1.165, 1.54) is 51.0 Å². The number of unbranched alkanes of at least 4 members (excludes halogenated alkanes) is 9. The van der Waals surface area contributed by atoms with Crippen molar-refractivity contribution in [1.82, 2.24) is 5.73 Å². The molecule has 0 bridgehead atoms. The summed E-state index contributed by atoms with van der Waals surface area (Å²) in [6.45, 7) is 8.32. The first-order valence-electron chi connectivity index (χ1n) is 13.4. The number of nitrogens with one attached hydrogen (secondary N) is 2. The number of carbonyl (C=O) groups excluding carboxylic acids is 1. The number of aromatic hydroxyl groups is 1. The molecule has 1 radical (unpaired) electrons. The van der Waals surface area contributed by atoms with Gasteiger partial charge < -0.3 is 15.2 Å². The summed E-state index contributed by atoms with van der Waals surface area (Å²) in [5.74, 6) is 0.523. The van der Waals surface area contributed by atoms with Gasteiger partial charge in [-0.05, 0) is 54.7 Å². The van der Waals surface area contributed by atoms with E-state index in [0.717, 1.165) is 24.8 Å². The summed E-state index contributed by atoms with van der Waals surface area (Å²) in [4.78, 5) is 13.2. The monoisotopic (exact) mass is 515 g/mol. The highest BCUT2D eigenvalue weighted by Gasteiger charge is 2.23. The Morgan fingerprint density at radius 1 is 0.972 bits per heavy atom. The molecule has 0 saturated heterocycles. The van der Waals surface area contributed by atoms with Crippen LogP contribution in [0.5, 0.6) is 11.5 Å². The maximum Gasteiger partial charge on any atom is 0.265 e. The van der Waals surface area contributed by atoms with E-state index < -0.39 is 6.10 Å². The van der Waals surface area contributed by atoms with Crippen LogP contribution in [0.1, 0.15) is 104 Å². The van der Waals surface area contributed by atoms with E-state index in [-0.39, 0.29) is 22.8 Å². The maximum atomic E-state index is 13.2. The molecule has 0 saturated carbocycles. The van der Waals surface area contributed by atoms with Gasteiger partial charge in [-0.3, -0.25) is 10.5 Å². The molecule has 2 aromatic rings. The Balaban J connectivity index is 1.99. The van der Waals surface area contributed by atoms with Gasteiger partial charge in [-0.15, -0.1) is 0 Å². The molecule has 0 aliphatic carbocycles. The smallest absolute Gasteiger partial charge is 0.265 e. The first kappa shape index (κ1) is 29.8. The van der Waals surface area contributed by atoms with E-state index in [1.807, 2.05) is 26.8 Å². The average Bonchev–Trinajstić information content (AvgIpc) is 2.82. The second-order valence-electron chi connectivity index (χ2n) is 10.7. The summed E-state index contributed by atoms with van der Waals surface area (Å²) < 4.78 is 6.18. The number of hydrogen-bond donors (Lipinski definition) is 2. The molecule has 3 N–H and O–H groups in total. The van der Waals surface area contributed by atoms with Gasteiger partial charge in [-0.1, -0.05) is 97.1 Å². The van der Waals surface area contributed by atoms with E-state index in [9.17, 15) is 9.90 Å². The topological polar surface area (TPSA) is 82.4 Å². The van der Waals surface area contributed by atoms with E-state index in [2.05, 4.69) is 12.2 Å². The van der Waals surface area contributed by atoms with Gasteiger partial charge in [0.2, 0.25) is 0 Å². The number of phenols is 1. The zero-order valence-electron chi connectivity index (χ0n) is 22.5. The van der Waals surface area contributed by atoms with E-state index in [4.69, 9.17) is 22.1 Å². The molecular formula is C30H44ClN2O3. The summed E-state index contributed by atoms with van der Waals surface area (Å²) in [6.07, 6.45) is 12.1. The number of anilines is 1. The van der Waals surface area contributed by atoms with Gasteiger partial charge in [0.15, 0.2) is 6.10 Å². The zero-order valence-corrected chi connectivity index (χ0v) is 23.2. The minimum Gasteiger partial charge on any atom is -0.508 e. The second-order valence-corrected chi connectivity index (χ2v) is 11.1. The third-order valence-corrected chi connectivity index (χ3v) is 6.73. The Morgan fingerprint density at radius 3 is 2.17 bits per heavy atom. The third kappa shape index (κ3) is 10.3. The number of phenolic OH excluding ortho intramolecular Hbond substituents is 1. The molecule has 0 aromatic heterocycles. The Morgan fingerprint density at radius 2 is 1.58 bits per heavy atom. The summed E-state index contributed by atoms with van der Waals surface area (Å²) in [5.41, 5.74) is 9.09. The fourth-order valence-corrected chi connectivity index (χ4v) is 4.36. The molecule has 0 fully saturated rings. The average molecular weight is 516 g/mol.